The number of aliphatic carboxylic acids is 1. The summed E-state index contributed by atoms with van der Waals surface area (Å²) in [6.07, 6.45) is 0. The summed E-state index contributed by atoms with van der Waals surface area (Å²) in [5.41, 5.74) is 0.226. The van der Waals surface area contributed by atoms with Gasteiger partial charge in [0.1, 0.15) is 0 Å². The molecule has 0 bridgehead atoms. The van der Waals surface area contributed by atoms with E-state index in [1.54, 1.807) is 0 Å². The van der Waals surface area contributed by atoms with Gasteiger partial charge >= 0.3 is 5.97 Å². The average Bonchev–Trinajstić information content (AvgIpc) is 2.13. The fourth-order valence-corrected chi connectivity index (χ4v) is 1.03. The number of hydrogen-bond donors (Lipinski definition) is 3. The molecular weight excluding hydrogens is 208 g/mol. The normalized spacial score (nSPS) is 10.3. The van der Waals surface area contributed by atoms with Crippen LogP contribution in [0, 0.1) is 11.6 Å². The van der Waals surface area contributed by atoms with Gasteiger partial charge < -0.3 is 15.5 Å². The Bertz CT molecular complexity index is 359. The van der Waals surface area contributed by atoms with Crippen molar-refractivity contribution in [3.63, 3.8) is 0 Å². The van der Waals surface area contributed by atoms with Crippen molar-refractivity contribution in [2.45, 2.75) is 6.54 Å². The fraction of sp³-hybridized carbons (Fsp3) is 0.222. The molecule has 0 unspecified atom stereocenters. The van der Waals surface area contributed by atoms with Gasteiger partial charge in [0, 0.05) is 6.54 Å². The van der Waals surface area contributed by atoms with Gasteiger partial charge in [-0.3, -0.25) is 4.79 Å². The van der Waals surface area contributed by atoms with Crippen LogP contribution >= 0.6 is 0 Å². The van der Waals surface area contributed by atoms with Gasteiger partial charge in [-0.1, -0.05) is 0 Å². The maximum absolute atomic E-state index is 12.8. The summed E-state index contributed by atoms with van der Waals surface area (Å²) < 4.78 is 25.6. The predicted octanol–water partition coefficient (Wildman–Crippen LogP) is 0.845. The van der Waals surface area contributed by atoms with Gasteiger partial charge in [0.05, 0.1) is 6.54 Å². The maximum Gasteiger partial charge on any atom is 0.317 e. The Morgan fingerprint density at radius 2 is 1.87 bits per heavy atom. The van der Waals surface area contributed by atoms with E-state index in [0.717, 1.165) is 12.1 Å². The standard InChI is InChI=1S/C9H9F2NO3/c10-6-1-5(2-7(11)9(6)15)3-12-4-8(13)14/h1-2,12,15H,3-4H2,(H,13,14). The molecule has 0 heterocycles. The first-order valence-corrected chi connectivity index (χ1v) is 4.10. The van der Waals surface area contributed by atoms with Crippen LogP contribution in [0.15, 0.2) is 12.1 Å². The van der Waals surface area contributed by atoms with E-state index in [2.05, 4.69) is 5.32 Å². The van der Waals surface area contributed by atoms with Gasteiger partial charge in [-0.05, 0) is 17.7 Å². The molecule has 0 saturated carbocycles. The summed E-state index contributed by atoms with van der Waals surface area (Å²) in [5, 5.41) is 19.5. The van der Waals surface area contributed by atoms with Crippen molar-refractivity contribution >= 4 is 5.97 Å². The van der Waals surface area contributed by atoms with Crippen molar-refractivity contribution in [2.75, 3.05) is 6.54 Å². The summed E-state index contributed by atoms with van der Waals surface area (Å²) in [5.74, 6) is -4.23. The first-order chi connectivity index (χ1) is 7.00. The molecule has 0 aliphatic rings. The van der Waals surface area contributed by atoms with Crippen molar-refractivity contribution in [3.05, 3.63) is 29.3 Å². The third kappa shape index (κ3) is 3.17. The number of carbonyl (C=O) groups is 1. The number of carboxylic acid groups (broad SMARTS) is 1. The van der Waals surface area contributed by atoms with Gasteiger partial charge in [0.15, 0.2) is 17.4 Å². The number of benzene rings is 1. The minimum atomic E-state index is -1.07. The van der Waals surface area contributed by atoms with E-state index >= 15 is 0 Å². The largest absolute Gasteiger partial charge is 0.503 e. The maximum atomic E-state index is 12.8. The highest BCUT2D eigenvalue weighted by molar-refractivity contribution is 5.68. The number of phenolic OH excluding ortho intramolecular Hbond substituents is 1. The molecule has 0 aromatic heterocycles. The number of nitrogens with one attached hydrogen (secondary N) is 1. The quantitative estimate of drug-likeness (QED) is 0.699. The molecule has 0 radical (unpaired) electrons. The second-order valence-corrected chi connectivity index (χ2v) is 2.91. The monoisotopic (exact) mass is 217 g/mol. The summed E-state index contributed by atoms with van der Waals surface area (Å²) in [6, 6.07) is 1.88. The molecule has 6 heteroatoms. The minimum Gasteiger partial charge on any atom is -0.503 e. The van der Waals surface area contributed by atoms with Gasteiger partial charge in [-0.25, -0.2) is 8.78 Å². The predicted molar refractivity (Wildman–Crippen MR) is 47.4 cm³/mol. The molecule has 4 nitrogen and oxygen atoms in total. The topological polar surface area (TPSA) is 69.6 Å². The molecule has 0 atom stereocenters. The zero-order valence-corrected chi connectivity index (χ0v) is 7.63. The first-order valence-electron chi connectivity index (χ1n) is 4.10. The first kappa shape index (κ1) is 11.4. The molecule has 0 saturated heterocycles. The van der Waals surface area contributed by atoms with Gasteiger partial charge in [0.25, 0.3) is 0 Å². The van der Waals surface area contributed by atoms with Crippen LogP contribution in [0.3, 0.4) is 0 Å². The highest BCUT2D eigenvalue weighted by Gasteiger charge is 2.09. The Balaban J connectivity index is 2.66. The Morgan fingerprint density at radius 1 is 1.33 bits per heavy atom. The number of phenols is 1. The lowest BCUT2D eigenvalue weighted by molar-refractivity contribution is -0.135. The molecule has 0 spiro atoms. The lowest BCUT2D eigenvalue weighted by atomic mass is 10.2. The van der Waals surface area contributed by atoms with E-state index in [9.17, 15) is 13.6 Å². The number of carboxylic acids is 1. The number of hydrogen-bond acceptors (Lipinski definition) is 3. The number of halogens is 2. The molecule has 15 heavy (non-hydrogen) atoms. The fourth-order valence-electron chi connectivity index (χ4n) is 1.03. The van der Waals surface area contributed by atoms with Gasteiger partial charge in [-0.2, -0.15) is 0 Å². The van der Waals surface area contributed by atoms with Crippen LogP contribution in [-0.2, 0) is 11.3 Å². The third-order valence-electron chi connectivity index (χ3n) is 1.68. The molecule has 82 valence electrons. The Hall–Kier alpha value is -1.69. The minimum absolute atomic E-state index is 0.0143. The number of aromatic hydroxyl groups is 1. The Kier molecular flexibility index (Phi) is 3.56. The van der Waals surface area contributed by atoms with Gasteiger partial charge in [-0.15, -0.1) is 0 Å². The molecule has 0 aliphatic heterocycles. The summed E-state index contributed by atoms with van der Waals surface area (Å²) in [6.45, 7) is -0.287. The second kappa shape index (κ2) is 4.70. The average molecular weight is 217 g/mol. The molecule has 1 aromatic rings. The zero-order chi connectivity index (χ0) is 11.4. The number of rotatable bonds is 4. The van der Waals surface area contributed by atoms with Crippen molar-refractivity contribution in [2.24, 2.45) is 0 Å². The van der Waals surface area contributed by atoms with Crippen LogP contribution in [0.4, 0.5) is 8.78 Å². The lowest BCUT2D eigenvalue weighted by Gasteiger charge is -2.04. The van der Waals surface area contributed by atoms with Crippen molar-refractivity contribution in [1.82, 2.24) is 5.32 Å². The van der Waals surface area contributed by atoms with Crippen LogP contribution in [0.5, 0.6) is 5.75 Å². The van der Waals surface area contributed by atoms with Crippen LogP contribution in [0.2, 0.25) is 0 Å². The van der Waals surface area contributed by atoms with Gasteiger partial charge in [0.2, 0.25) is 0 Å². The summed E-state index contributed by atoms with van der Waals surface area (Å²) in [4.78, 5) is 10.1. The van der Waals surface area contributed by atoms with Crippen LogP contribution < -0.4 is 5.32 Å². The summed E-state index contributed by atoms with van der Waals surface area (Å²) in [7, 11) is 0. The van der Waals surface area contributed by atoms with Crippen molar-refractivity contribution in [3.8, 4) is 5.75 Å². The molecule has 1 rings (SSSR count). The second-order valence-electron chi connectivity index (χ2n) is 2.91. The van der Waals surface area contributed by atoms with E-state index in [1.807, 2.05) is 0 Å². The molecule has 0 aliphatic carbocycles. The van der Waals surface area contributed by atoms with Crippen molar-refractivity contribution in [1.29, 1.82) is 0 Å². The molecule has 1 aromatic carbocycles. The SMILES string of the molecule is O=C(O)CNCc1cc(F)c(O)c(F)c1. The smallest absolute Gasteiger partial charge is 0.317 e. The highest BCUT2D eigenvalue weighted by atomic mass is 19.1. The molecular formula is C9H9F2NO3. The highest BCUT2D eigenvalue weighted by Crippen LogP contribution is 2.21. The zero-order valence-electron chi connectivity index (χ0n) is 7.63. The van der Waals surface area contributed by atoms with E-state index in [1.165, 1.54) is 0 Å². The van der Waals surface area contributed by atoms with Crippen LogP contribution in [0.1, 0.15) is 5.56 Å². The summed E-state index contributed by atoms with van der Waals surface area (Å²) >= 11 is 0. The Morgan fingerprint density at radius 3 is 2.33 bits per heavy atom. The van der Waals surface area contributed by atoms with E-state index in [0.29, 0.717) is 0 Å². The van der Waals surface area contributed by atoms with Crippen LogP contribution in [-0.4, -0.2) is 22.7 Å². The van der Waals surface area contributed by atoms with E-state index in [-0.39, 0.29) is 18.7 Å². The molecule has 3 N–H and O–H groups in total. The third-order valence-corrected chi connectivity index (χ3v) is 1.68. The van der Waals surface area contributed by atoms with E-state index < -0.39 is 23.4 Å². The van der Waals surface area contributed by atoms with E-state index in [4.69, 9.17) is 10.2 Å². The lowest BCUT2D eigenvalue weighted by Crippen LogP contribution is -2.21. The Labute approximate surface area is 84.2 Å². The van der Waals surface area contributed by atoms with Crippen molar-refractivity contribution < 1.29 is 23.8 Å². The molecule has 0 fully saturated rings. The molecule has 0 amide bonds. The van der Waals surface area contributed by atoms with Crippen LogP contribution in [0.25, 0.3) is 0 Å².